The fourth-order valence-corrected chi connectivity index (χ4v) is 3.16. The molecule has 0 aliphatic carbocycles. The summed E-state index contributed by atoms with van der Waals surface area (Å²) in [7, 11) is 0. The van der Waals surface area contributed by atoms with Crippen molar-refractivity contribution in [3.8, 4) is 5.69 Å². The molecule has 28 heavy (non-hydrogen) atoms. The second kappa shape index (κ2) is 8.13. The Morgan fingerprint density at radius 2 is 1.54 bits per heavy atom. The number of carbonyl (C=O) groups is 2. The number of anilines is 1. The van der Waals surface area contributed by atoms with Crippen LogP contribution in [-0.2, 0) is 9.53 Å². The molecule has 0 radical (unpaired) electrons. The lowest BCUT2D eigenvalue weighted by molar-refractivity contribution is -0.123. The molecule has 3 rings (SSSR count). The highest BCUT2D eigenvalue weighted by Crippen LogP contribution is 2.22. The van der Waals surface area contributed by atoms with Crippen LogP contribution >= 0.6 is 0 Å². The summed E-state index contributed by atoms with van der Waals surface area (Å²) in [6, 6.07) is 14.9. The molecule has 1 N–H and O–H groups in total. The van der Waals surface area contributed by atoms with Crippen LogP contribution in [0.15, 0.2) is 60.9 Å². The number of hydrogen-bond donors (Lipinski definition) is 1. The average Bonchev–Trinajstić information content (AvgIpc) is 3.19. The number of amides is 1. The van der Waals surface area contributed by atoms with Crippen LogP contribution in [0.25, 0.3) is 5.69 Å². The SMILES string of the molecule is Cc1cc(C)c(NC(=O)C(C)OC(=O)c2ccc(-n3cccc3)cc2)c(C)c1. The molecule has 5 heteroatoms. The van der Waals surface area contributed by atoms with Crippen LogP contribution in [-0.4, -0.2) is 22.5 Å². The number of nitrogens with zero attached hydrogens (tertiary/aromatic N) is 1. The second-order valence-corrected chi connectivity index (χ2v) is 6.95. The highest BCUT2D eigenvalue weighted by molar-refractivity contribution is 5.98. The second-order valence-electron chi connectivity index (χ2n) is 6.95. The summed E-state index contributed by atoms with van der Waals surface area (Å²) in [6.45, 7) is 7.47. The van der Waals surface area contributed by atoms with Gasteiger partial charge in [-0.2, -0.15) is 0 Å². The molecule has 0 saturated carbocycles. The Morgan fingerprint density at radius 3 is 2.11 bits per heavy atom. The number of aromatic nitrogens is 1. The summed E-state index contributed by atoms with van der Waals surface area (Å²) in [5, 5.41) is 2.87. The van der Waals surface area contributed by atoms with Gasteiger partial charge >= 0.3 is 5.97 Å². The van der Waals surface area contributed by atoms with E-state index in [9.17, 15) is 9.59 Å². The monoisotopic (exact) mass is 376 g/mol. The molecule has 2 aromatic carbocycles. The first-order valence-corrected chi connectivity index (χ1v) is 9.18. The zero-order valence-electron chi connectivity index (χ0n) is 16.5. The number of rotatable bonds is 5. The fraction of sp³-hybridized carbons (Fsp3) is 0.217. The molecule has 0 spiro atoms. The average molecular weight is 376 g/mol. The summed E-state index contributed by atoms with van der Waals surface area (Å²) in [5.74, 6) is -0.883. The van der Waals surface area contributed by atoms with Gasteiger partial charge in [0.25, 0.3) is 5.91 Å². The van der Waals surface area contributed by atoms with E-state index in [0.29, 0.717) is 5.56 Å². The zero-order valence-corrected chi connectivity index (χ0v) is 16.5. The van der Waals surface area contributed by atoms with Crippen molar-refractivity contribution in [3.05, 3.63) is 83.2 Å². The zero-order chi connectivity index (χ0) is 20.3. The first-order valence-electron chi connectivity index (χ1n) is 9.18. The summed E-state index contributed by atoms with van der Waals surface area (Å²) >= 11 is 0. The Morgan fingerprint density at radius 1 is 0.964 bits per heavy atom. The third kappa shape index (κ3) is 4.31. The smallest absolute Gasteiger partial charge is 0.338 e. The highest BCUT2D eigenvalue weighted by atomic mass is 16.5. The van der Waals surface area contributed by atoms with Crippen LogP contribution in [0.4, 0.5) is 5.69 Å². The van der Waals surface area contributed by atoms with E-state index in [-0.39, 0.29) is 5.91 Å². The van der Waals surface area contributed by atoms with E-state index >= 15 is 0 Å². The van der Waals surface area contributed by atoms with E-state index in [1.54, 1.807) is 19.1 Å². The number of nitrogens with one attached hydrogen (secondary N) is 1. The van der Waals surface area contributed by atoms with Crippen molar-refractivity contribution in [2.75, 3.05) is 5.32 Å². The lowest BCUT2D eigenvalue weighted by atomic mass is 10.0. The fourth-order valence-electron chi connectivity index (χ4n) is 3.16. The molecular weight excluding hydrogens is 352 g/mol. The molecule has 0 aliphatic heterocycles. The van der Waals surface area contributed by atoms with Gasteiger partial charge in [0.05, 0.1) is 5.56 Å². The molecule has 1 aromatic heterocycles. The number of carbonyl (C=O) groups excluding carboxylic acids is 2. The third-order valence-electron chi connectivity index (χ3n) is 4.58. The van der Waals surface area contributed by atoms with Crippen molar-refractivity contribution in [2.45, 2.75) is 33.8 Å². The van der Waals surface area contributed by atoms with Crippen LogP contribution in [0.2, 0.25) is 0 Å². The minimum atomic E-state index is -0.906. The molecular formula is C23H24N2O3. The van der Waals surface area contributed by atoms with E-state index in [0.717, 1.165) is 28.1 Å². The minimum Gasteiger partial charge on any atom is -0.449 e. The van der Waals surface area contributed by atoms with Crippen molar-refractivity contribution in [1.82, 2.24) is 4.57 Å². The Balaban J connectivity index is 1.64. The van der Waals surface area contributed by atoms with Gasteiger partial charge in [0.2, 0.25) is 0 Å². The molecule has 0 aliphatic rings. The van der Waals surface area contributed by atoms with Gasteiger partial charge in [0.1, 0.15) is 0 Å². The van der Waals surface area contributed by atoms with E-state index in [1.807, 2.05) is 74.1 Å². The van der Waals surface area contributed by atoms with Crippen LogP contribution < -0.4 is 5.32 Å². The van der Waals surface area contributed by atoms with Crippen molar-refractivity contribution in [2.24, 2.45) is 0 Å². The van der Waals surface area contributed by atoms with Crippen molar-refractivity contribution in [1.29, 1.82) is 0 Å². The lowest BCUT2D eigenvalue weighted by Crippen LogP contribution is -2.30. The molecule has 3 aromatic rings. The predicted molar refractivity (Wildman–Crippen MR) is 110 cm³/mol. The van der Waals surface area contributed by atoms with Crippen LogP contribution in [0.5, 0.6) is 0 Å². The van der Waals surface area contributed by atoms with Gasteiger partial charge in [-0.15, -0.1) is 0 Å². The van der Waals surface area contributed by atoms with Gasteiger partial charge in [-0.1, -0.05) is 17.7 Å². The predicted octanol–water partition coefficient (Wildman–Crippen LogP) is 4.59. The molecule has 5 nitrogen and oxygen atoms in total. The first kappa shape index (κ1) is 19.4. The number of hydrogen-bond acceptors (Lipinski definition) is 3. The maximum absolute atomic E-state index is 12.5. The Hall–Kier alpha value is -3.34. The summed E-state index contributed by atoms with van der Waals surface area (Å²) in [5.41, 5.74) is 5.19. The van der Waals surface area contributed by atoms with Crippen LogP contribution in [0.1, 0.15) is 34.0 Å². The molecule has 1 heterocycles. The molecule has 1 atom stereocenters. The molecule has 0 bridgehead atoms. The van der Waals surface area contributed by atoms with Crippen LogP contribution in [0.3, 0.4) is 0 Å². The third-order valence-corrected chi connectivity index (χ3v) is 4.58. The standard InChI is InChI=1S/C23H24N2O3/c1-15-13-16(2)21(17(3)14-15)24-22(26)18(4)28-23(27)19-7-9-20(10-8-19)25-11-5-6-12-25/h5-14,18H,1-4H3,(H,24,26). The van der Waals surface area contributed by atoms with Crippen LogP contribution in [0, 0.1) is 20.8 Å². The molecule has 144 valence electrons. The molecule has 1 unspecified atom stereocenters. The first-order chi connectivity index (χ1) is 13.3. The van der Waals surface area contributed by atoms with E-state index < -0.39 is 12.1 Å². The van der Waals surface area contributed by atoms with Crippen molar-refractivity contribution >= 4 is 17.6 Å². The summed E-state index contributed by atoms with van der Waals surface area (Å²) in [4.78, 5) is 24.9. The van der Waals surface area contributed by atoms with E-state index in [2.05, 4.69) is 5.32 Å². The van der Waals surface area contributed by atoms with E-state index in [4.69, 9.17) is 4.74 Å². The Bertz CT molecular complexity index is 966. The number of benzene rings is 2. The quantitative estimate of drug-likeness (QED) is 0.663. The van der Waals surface area contributed by atoms with E-state index in [1.165, 1.54) is 0 Å². The van der Waals surface area contributed by atoms with Gasteiger partial charge in [0.15, 0.2) is 6.10 Å². The highest BCUT2D eigenvalue weighted by Gasteiger charge is 2.20. The van der Waals surface area contributed by atoms with Gasteiger partial charge in [0, 0.05) is 23.8 Å². The maximum Gasteiger partial charge on any atom is 0.338 e. The molecule has 0 fully saturated rings. The topological polar surface area (TPSA) is 60.3 Å². The Labute approximate surface area is 165 Å². The largest absolute Gasteiger partial charge is 0.449 e. The number of aryl methyl sites for hydroxylation is 3. The normalized spacial score (nSPS) is 11.7. The molecule has 1 amide bonds. The van der Waals surface area contributed by atoms with Crippen molar-refractivity contribution in [3.63, 3.8) is 0 Å². The van der Waals surface area contributed by atoms with Gasteiger partial charge in [-0.3, -0.25) is 4.79 Å². The van der Waals surface area contributed by atoms with Gasteiger partial charge < -0.3 is 14.6 Å². The summed E-state index contributed by atoms with van der Waals surface area (Å²) in [6.07, 6.45) is 2.94. The van der Waals surface area contributed by atoms with Crippen molar-refractivity contribution < 1.29 is 14.3 Å². The number of ether oxygens (including phenoxy) is 1. The molecule has 0 saturated heterocycles. The minimum absolute atomic E-state index is 0.354. The maximum atomic E-state index is 12.5. The number of esters is 1. The Kier molecular flexibility index (Phi) is 5.64. The summed E-state index contributed by atoms with van der Waals surface area (Å²) < 4.78 is 7.29. The van der Waals surface area contributed by atoms with Gasteiger partial charge in [-0.25, -0.2) is 4.79 Å². The van der Waals surface area contributed by atoms with Gasteiger partial charge in [-0.05, 0) is 75.2 Å². The lowest BCUT2D eigenvalue weighted by Gasteiger charge is -2.17.